The second-order valence-electron chi connectivity index (χ2n) is 6.62. The molecule has 128 valence electrons. The Morgan fingerprint density at radius 1 is 1.08 bits per heavy atom. The van der Waals surface area contributed by atoms with E-state index in [2.05, 4.69) is 24.4 Å². The second-order valence-corrected chi connectivity index (χ2v) is 6.62. The molecule has 25 heavy (non-hydrogen) atoms. The van der Waals surface area contributed by atoms with Crippen molar-refractivity contribution in [2.75, 3.05) is 11.9 Å². The average molecular weight is 335 g/mol. The van der Waals surface area contributed by atoms with Crippen molar-refractivity contribution in [3.05, 3.63) is 76.7 Å². The number of rotatable bonds is 3. The standard InChI is InChI=1S/C21H22FN3/c1-15-8-2-5-12-20(15)25-21-17(10-6-7-13-23-21)19(24-25)14-16-9-3-4-11-18(16)22/h2-5,8-9,11-12,23H,6-7,10,13-14H2,1H3. The number of aryl methyl sites for hydroxylation is 1. The van der Waals surface area contributed by atoms with Crippen LogP contribution >= 0.6 is 0 Å². The number of halogens is 1. The molecule has 0 saturated heterocycles. The summed E-state index contributed by atoms with van der Waals surface area (Å²) in [5, 5.41) is 8.44. The number of nitrogens with one attached hydrogen (secondary N) is 1. The van der Waals surface area contributed by atoms with Crippen molar-refractivity contribution in [2.24, 2.45) is 0 Å². The van der Waals surface area contributed by atoms with Gasteiger partial charge in [0.15, 0.2) is 0 Å². The summed E-state index contributed by atoms with van der Waals surface area (Å²) in [4.78, 5) is 0. The molecule has 4 rings (SSSR count). The van der Waals surface area contributed by atoms with Crippen LogP contribution in [-0.4, -0.2) is 16.3 Å². The number of anilines is 1. The van der Waals surface area contributed by atoms with E-state index >= 15 is 0 Å². The minimum absolute atomic E-state index is 0.164. The van der Waals surface area contributed by atoms with Crippen LogP contribution in [0.15, 0.2) is 48.5 Å². The van der Waals surface area contributed by atoms with E-state index in [-0.39, 0.29) is 5.82 Å². The lowest BCUT2D eigenvalue weighted by molar-refractivity contribution is 0.612. The molecule has 0 amide bonds. The van der Waals surface area contributed by atoms with Gasteiger partial charge in [0.05, 0.1) is 11.4 Å². The first-order valence-corrected chi connectivity index (χ1v) is 8.88. The molecule has 1 aliphatic rings. The van der Waals surface area contributed by atoms with Crippen LogP contribution in [0.3, 0.4) is 0 Å². The first-order chi connectivity index (χ1) is 12.2. The third-order valence-electron chi connectivity index (χ3n) is 4.87. The van der Waals surface area contributed by atoms with Crippen molar-refractivity contribution in [3.63, 3.8) is 0 Å². The van der Waals surface area contributed by atoms with Crippen molar-refractivity contribution >= 4 is 5.82 Å². The molecule has 2 aromatic carbocycles. The van der Waals surface area contributed by atoms with Gasteiger partial charge in [-0.1, -0.05) is 36.4 Å². The van der Waals surface area contributed by atoms with Crippen LogP contribution in [0.25, 0.3) is 5.69 Å². The number of para-hydroxylation sites is 1. The molecular formula is C21H22FN3. The smallest absolute Gasteiger partial charge is 0.133 e. The zero-order valence-electron chi connectivity index (χ0n) is 14.4. The molecule has 0 aliphatic carbocycles. The largest absolute Gasteiger partial charge is 0.370 e. The minimum Gasteiger partial charge on any atom is -0.370 e. The molecule has 0 bridgehead atoms. The lowest BCUT2D eigenvalue weighted by atomic mass is 10.0. The van der Waals surface area contributed by atoms with Crippen molar-refractivity contribution in [3.8, 4) is 5.69 Å². The van der Waals surface area contributed by atoms with Gasteiger partial charge in [0, 0.05) is 18.5 Å². The Morgan fingerprint density at radius 3 is 2.72 bits per heavy atom. The van der Waals surface area contributed by atoms with Gasteiger partial charge >= 0.3 is 0 Å². The van der Waals surface area contributed by atoms with Crippen molar-refractivity contribution < 1.29 is 4.39 Å². The van der Waals surface area contributed by atoms with Gasteiger partial charge in [-0.3, -0.25) is 0 Å². The highest BCUT2D eigenvalue weighted by atomic mass is 19.1. The van der Waals surface area contributed by atoms with Crippen molar-refractivity contribution in [1.82, 2.24) is 9.78 Å². The maximum Gasteiger partial charge on any atom is 0.133 e. The molecule has 0 fully saturated rings. The SMILES string of the molecule is Cc1ccccc1-n1nc(Cc2ccccc2F)c2c1NCCCC2. The highest BCUT2D eigenvalue weighted by molar-refractivity contribution is 5.56. The van der Waals surface area contributed by atoms with Crippen LogP contribution in [0.1, 0.15) is 35.2 Å². The number of aromatic nitrogens is 2. The van der Waals surface area contributed by atoms with E-state index in [4.69, 9.17) is 5.10 Å². The Hall–Kier alpha value is -2.62. The first kappa shape index (κ1) is 15.9. The predicted molar refractivity (Wildman–Crippen MR) is 98.9 cm³/mol. The van der Waals surface area contributed by atoms with Crippen LogP contribution in [0.4, 0.5) is 10.2 Å². The van der Waals surface area contributed by atoms with Gasteiger partial charge in [0.1, 0.15) is 11.6 Å². The van der Waals surface area contributed by atoms with E-state index in [1.807, 2.05) is 28.9 Å². The van der Waals surface area contributed by atoms with Crippen LogP contribution in [0.2, 0.25) is 0 Å². The van der Waals surface area contributed by atoms with E-state index in [0.29, 0.717) is 12.0 Å². The highest BCUT2D eigenvalue weighted by Gasteiger charge is 2.21. The molecule has 0 spiro atoms. The molecular weight excluding hydrogens is 313 g/mol. The Balaban J connectivity index is 1.82. The summed E-state index contributed by atoms with van der Waals surface area (Å²) in [7, 11) is 0. The zero-order chi connectivity index (χ0) is 17.2. The number of hydrogen-bond acceptors (Lipinski definition) is 2. The third kappa shape index (κ3) is 3.04. The monoisotopic (exact) mass is 335 g/mol. The molecule has 4 heteroatoms. The van der Waals surface area contributed by atoms with E-state index in [9.17, 15) is 4.39 Å². The molecule has 1 aliphatic heterocycles. The van der Waals surface area contributed by atoms with Crippen molar-refractivity contribution in [1.29, 1.82) is 0 Å². The van der Waals surface area contributed by atoms with E-state index in [1.54, 1.807) is 6.07 Å². The quantitative estimate of drug-likeness (QED) is 0.754. The average Bonchev–Trinajstić information content (AvgIpc) is 2.80. The van der Waals surface area contributed by atoms with Crippen LogP contribution < -0.4 is 5.32 Å². The lowest BCUT2D eigenvalue weighted by Gasteiger charge is -2.11. The maximum atomic E-state index is 14.1. The predicted octanol–water partition coefficient (Wildman–Crippen LogP) is 4.66. The summed E-state index contributed by atoms with van der Waals surface area (Å²) in [5.74, 6) is 0.904. The number of nitrogens with zero attached hydrogens (tertiary/aromatic N) is 2. The summed E-state index contributed by atoms with van der Waals surface area (Å²) in [6.45, 7) is 3.04. The molecule has 3 nitrogen and oxygen atoms in total. The van der Waals surface area contributed by atoms with Gasteiger partial charge in [0.2, 0.25) is 0 Å². The Labute approximate surface area is 147 Å². The third-order valence-corrected chi connectivity index (χ3v) is 4.87. The maximum absolute atomic E-state index is 14.1. The van der Waals surface area contributed by atoms with E-state index in [1.165, 1.54) is 17.2 Å². The van der Waals surface area contributed by atoms with E-state index in [0.717, 1.165) is 43.0 Å². The molecule has 0 atom stereocenters. The van der Waals surface area contributed by atoms with E-state index < -0.39 is 0 Å². The summed E-state index contributed by atoms with van der Waals surface area (Å²) in [6, 6.07) is 15.2. The fourth-order valence-corrected chi connectivity index (χ4v) is 3.51. The molecule has 0 saturated carbocycles. The van der Waals surface area contributed by atoms with Crippen molar-refractivity contribution in [2.45, 2.75) is 32.6 Å². The fraction of sp³-hybridized carbons (Fsp3) is 0.286. The number of fused-ring (bicyclic) bond motifs is 1. The highest BCUT2D eigenvalue weighted by Crippen LogP contribution is 2.30. The van der Waals surface area contributed by atoms with Crippen LogP contribution in [0.5, 0.6) is 0 Å². The summed E-state index contributed by atoms with van der Waals surface area (Å²) in [5.41, 5.74) is 5.15. The molecule has 2 heterocycles. The van der Waals surface area contributed by atoms with Gasteiger partial charge in [-0.25, -0.2) is 9.07 Å². The Morgan fingerprint density at radius 2 is 1.88 bits per heavy atom. The number of hydrogen-bond donors (Lipinski definition) is 1. The van der Waals surface area contributed by atoms with Gasteiger partial charge in [-0.15, -0.1) is 0 Å². The van der Waals surface area contributed by atoms with Gasteiger partial charge < -0.3 is 5.32 Å². The first-order valence-electron chi connectivity index (χ1n) is 8.88. The lowest BCUT2D eigenvalue weighted by Crippen LogP contribution is -2.08. The van der Waals surface area contributed by atoms with Gasteiger partial charge in [-0.05, 0) is 49.4 Å². The molecule has 0 radical (unpaired) electrons. The second kappa shape index (κ2) is 6.71. The fourth-order valence-electron chi connectivity index (χ4n) is 3.51. The summed E-state index contributed by atoms with van der Waals surface area (Å²) >= 11 is 0. The van der Waals surface area contributed by atoms with Gasteiger partial charge in [0.25, 0.3) is 0 Å². The van der Waals surface area contributed by atoms with Crippen LogP contribution in [-0.2, 0) is 12.8 Å². The Bertz CT molecular complexity index is 898. The molecule has 0 unspecified atom stereocenters. The Kier molecular flexibility index (Phi) is 4.26. The summed E-state index contributed by atoms with van der Waals surface area (Å²) < 4.78 is 16.1. The molecule has 1 N–H and O–H groups in total. The minimum atomic E-state index is -0.164. The number of benzene rings is 2. The molecule has 1 aromatic heterocycles. The zero-order valence-corrected chi connectivity index (χ0v) is 14.4. The van der Waals surface area contributed by atoms with Gasteiger partial charge in [-0.2, -0.15) is 5.10 Å². The topological polar surface area (TPSA) is 29.9 Å². The summed E-state index contributed by atoms with van der Waals surface area (Å²) in [6.07, 6.45) is 3.78. The normalized spacial score (nSPS) is 13.8. The molecule has 3 aromatic rings. The van der Waals surface area contributed by atoms with Crippen LogP contribution in [0, 0.1) is 12.7 Å².